The molecular formula is C11H20N2O2. The van der Waals surface area contributed by atoms with Crippen molar-refractivity contribution in [3.05, 3.63) is 0 Å². The van der Waals surface area contributed by atoms with Crippen LogP contribution in [0.1, 0.15) is 46.0 Å². The van der Waals surface area contributed by atoms with Crippen LogP contribution in [0, 0.1) is 0 Å². The quantitative estimate of drug-likeness (QED) is 0.743. The summed E-state index contributed by atoms with van der Waals surface area (Å²) in [7, 11) is 0. The van der Waals surface area contributed by atoms with Gasteiger partial charge in [0.25, 0.3) is 0 Å². The van der Waals surface area contributed by atoms with E-state index in [9.17, 15) is 9.59 Å². The Kier molecular flexibility index (Phi) is 4.59. The van der Waals surface area contributed by atoms with Gasteiger partial charge in [0, 0.05) is 12.5 Å². The van der Waals surface area contributed by atoms with Gasteiger partial charge >= 0.3 is 6.03 Å². The molecule has 1 saturated carbocycles. The van der Waals surface area contributed by atoms with Crippen LogP contribution in [-0.4, -0.2) is 23.9 Å². The van der Waals surface area contributed by atoms with Gasteiger partial charge in [0.05, 0.1) is 6.04 Å². The van der Waals surface area contributed by atoms with E-state index in [1.54, 1.807) is 13.8 Å². The lowest BCUT2D eigenvalue weighted by Crippen LogP contribution is -2.47. The van der Waals surface area contributed by atoms with E-state index in [0.29, 0.717) is 12.5 Å². The summed E-state index contributed by atoms with van der Waals surface area (Å²) in [5, 5.41) is 5.54. The van der Waals surface area contributed by atoms with Crippen LogP contribution in [0.4, 0.5) is 4.79 Å². The number of nitrogens with one attached hydrogen (secondary N) is 2. The first-order valence-corrected chi connectivity index (χ1v) is 5.73. The van der Waals surface area contributed by atoms with Gasteiger partial charge in [-0.05, 0) is 19.8 Å². The molecule has 0 saturated heterocycles. The molecule has 0 aromatic carbocycles. The predicted molar refractivity (Wildman–Crippen MR) is 58.7 cm³/mol. The maximum Gasteiger partial charge on any atom is 0.315 e. The third-order valence-corrected chi connectivity index (χ3v) is 2.87. The van der Waals surface area contributed by atoms with Gasteiger partial charge < -0.3 is 10.6 Å². The SMILES string of the molecule is CCC(=O)C(C)NC(=O)NC1CCCC1. The Morgan fingerprint density at radius 2 is 1.93 bits per heavy atom. The van der Waals surface area contributed by atoms with Crippen molar-refractivity contribution in [1.29, 1.82) is 0 Å². The molecular weight excluding hydrogens is 192 g/mol. The van der Waals surface area contributed by atoms with E-state index in [1.165, 1.54) is 12.8 Å². The molecule has 1 unspecified atom stereocenters. The molecule has 2 amide bonds. The molecule has 2 N–H and O–H groups in total. The Bertz CT molecular complexity index is 235. The van der Waals surface area contributed by atoms with Gasteiger partial charge in [-0.2, -0.15) is 0 Å². The van der Waals surface area contributed by atoms with Crippen LogP contribution in [0.5, 0.6) is 0 Å². The molecule has 0 spiro atoms. The summed E-state index contributed by atoms with van der Waals surface area (Å²) >= 11 is 0. The smallest absolute Gasteiger partial charge is 0.315 e. The first kappa shape index (κ1) is 12.0. The third kappa shape index (κ3) is 3.90. The molecule has 4 heteroatoms. The van der Waals surface area contributed by atoms with Crippen molar-refractivity contribution in [3.8, 4) is 0 Å². The van der Waals surface area contributed by atoms with E-state index in [4.69, 9.17) is 0 Å². The minimum atomic E-state index is -0.378. The monoisotopic (exact) mass is 212 g/mol. The lowest BCUT2D eigenvalue weighted by Gasteiger charge is -2.16. The molecule has 1 aliphatic rings. The highest BCUT2D eigenvalue weighted by molar-refractivity contribution is 5.88. The second-order valence-corrected chi connectivity index (χ2v) is 4.14. The maximum atomic E-state index is 11.5. The van der Waals surface area contributed by atoms with E-state index in [2.05, 4.69) is 10.6 Å². The van der Waals surface area contributed by atoms with Crippen molar-refractivity contribution >= 4 is 11.8 Å². The Hall–Kier alpha value is -1.06. The number of ketones is 1. The third-order valence-electron chi connectivity index (χ3n) is 2.87. The first-order chi connectivity index (χ1) is 7.13. The molecule has 0 aromatic heterocycles. The van der Waals surface area contributed by atoms with Gasteiger partial charge in [-0.3, -0.25) is 4.79 Å². The molecule has 0 aliphatic heterocycles. The average molecular weight is 212 g/mol. The zero-order chi connectivity index (χ0) is 11.3. The second kappa shape index (κ2) is 5.73. The average Bonchev–Trinajstić information content (AvgIpc) is 2.68. The molecule has 0 bridgehead atoms. The van der Waals surface area contributed by atoms with Crippen LogP contribution in [0.3, 0.4) is 0 Å². The number of urea groups is 1. The van der Waals surface area contributed by atoms with E-state index in [0.717, 1.165) is 12.8 Å². The molecule has 1 fully saturated rings. The molecule has 1 atom stereocenters. The lowest BCUT2D eigenvalue weighted by molar-refractivity contribution is -0.120. The normalized spacial score (nSPS) is 18.5. The van der Waals surface area contributed by atoms with Gasteiger partial charge in [0.1, 0.15) is 0 Å². The fourth-order valence-electron chi connectivity index (χ4n) is 1.88. The molecule has 1 rings (SSSR count). The van der Waals surface area contributed by atoms with Crippen molar-refractivity contribution < 1.29 is 9.59 Å². The summed E-state index contributed by atoms with van der Waals surface area (Å²) < 4.78 is 0. The van der Waals surface area contributed by atoms with Crippen LogP contribution < -0.4 is 10.6 Å². The Morgan fingerprint density at radius 3 is 2.47 bits per heavy atom. The Labute approximate surface area is 90.8 Å². The van der Waals surface area contributed by atoms with Gasteiger partial charge in [-0.15, -0.1) is 0 Å². The Morgan fingerprint density at radius 1 is 1.33 bits per heavy atom. The number of amides is 2. The molecule has 86 valence electrons. The van der Waals surface area contributed by atoms with Crippen LogP contribution in [0.25, 0.3) is 0 Å². The highest BCUT2D eigenvalue weighted by atomic mass is 16.2. The summed E-state index contributed by atoms with van der Waals surface area (Å²) in [6.45, 7) is 3.52. The van der Waals surface area contributed by atoms with E-state index < -0.39 is 0 Å². The summed E-state index contributed by atoms with van der Waals surface area (Å²) in [6.07, 6.45) is 4.96. The van der Waals surface area contributed by atoms with Gasteiger partial charge in [-0.25, -0.2) is 4.79 Å². The Balaban J connectivity index is 2.25. The zero-order valence-corrected chi connectivity index (χ0v) is 9.51. The summed E-state index contributed by atoms with van der Waals surface area (Å²) in [4.78, 5) is 22.7. The van der Waals surface area contributed by atoms with Gasteiger partial charge in [-0.1, -0.05) is 19.8 Å². The maximum absolute atomic E-state index is 11.5. The molecule has 0 radical (unpaired) electrons. The van der Waals surface area contributed by atoms with Gasteiger partial charge in [0.2, 0.25) is 0 Å². The fraction of sp³-hybridized carbons (Fsp3) is 0.818. The number of carbonyl (C=O) groups excluding carboxylic acids is 2. The van der Waals surface area contributed by atoms with Crippen molar-refractivity contribution in [2.45, 2.75) is 58.0 Å². The molecule has 0 heterocycles. The lowest BCUT2D eigenvalue weighted by atomic mass is 10.2. The topological polar surface area (TPSA) is 58.2 Å². The molecule has 1 aliphatic carbocycles. The summed E-state index contributed by atoms with van der Waals surface area (Å²) in [5.74, 6) is 0.0663. The van der Waals surface area contributed by atoms with E-state index in [-0.39, 0.29) is 17.9 Å². The number of carbonyl (C=O) groups is 2. The molecule has 0 aromatic rings. The summed E-state index contributed by atoms with van der Waals surface area (Å²) in [6, 6.07) is -0.290. The van der Waals surface area contributed by atoms with Crippen LogP contribution in [-0.2, 0) is 4.79 Å². The van der Waals surface area contributed by atoms with Crippen LogP contribution in [0.2, 0.25) is 0 Å². The molecule has 15 heavy (non-hydrogen) atoms. The summed E-state index contributed by atoms with van der Waals surface area (Å²) in [5.41, 5.74) is 0. The van der Waals surface area contributed by atoms with E-state index in [1.807, 2.05) is 0 Å². The minimum Gasteiger partial charge on any atom is -0.335 e. The van der Waals surface area contributed by atoms with Gasteiger partial charge in [0.15, 0.2) is 5.78 Å². The first-order valence-electron chi connectivity index (χ1n) is 5.73. The largest absolute Gasteiger partial charge is 0.335 e. The zero-order valence-electron chi connectivity index (χ0n) is 9.51. The number of rotatable bonds is 4. The van der Waals surface area contributed by atoms with Crippen molar-refractivity contribution in [3.63, 3.8) is 0 Å². The highest BCUT2D eigenvalue weighted by Crippen LogP contribution is 2.17. The fourth-order valence-corrected chi connectivity index (χ4v) is 1.88. The second-order valence-electron chi connectivity index (χ2n) is 4.14. The predicted octanol–water partition coefficient (Wildman–Crippen LogP) is 1.60. The van der Waals surface area contributed by atoms with Crippen molar-refractivity contribution in [2.24, 2.45) is 0 Å². The minimum absolute atomic E-state index is 0.0663. The number of hydrogen-bond donors (Lipinski definition) is 2. The molecule has 4 nitrogen and oxygen atoms in total. The van der Waals surface area contributed by atoms with Crippen molar-refractivity contribution in [2.75, 3.05) is 0 Å². The van der Waals surface area contributed by atoms with E-state index >= 15 is 0 Å². The van der Waals surface area contributed by atoms with Crippen LogP contribution in [0.15, 0.2) is 0 Å². The highest BCUT2D eigenvalue weighted by Gasteiger charge is 2.19. The standard InChI is InChI=1S/C11H20N2O2/c1-3-10(14)8(2)12-11(15)13-9-6-4-5-7-9/h8-9H,3-7H2,1-2H3,(H2,12,13,15). The number of Topliss-reactive ketones (excluding diaryl/α,β-unsaturated/α-hetero) is 1. The van der Waals surface area contributed by atoms with Crippen molar-refractivity contribution in [1.82, 2.24) is 10.6 Å². The van der Waals surface area contributed by atoms with Crippen LogP contribution >= 0.6 is 0 Å². The number of hydrogen-bond acceptors (Lipinski definition) is 2.